The molecule has 26 heavy (non-hydrogen) atoms. The van der Waals surface area contributed by atoms with Crippen LogP contribution in [0.15, 0.2) is 41.3 Å². The zero-order chi connectivity index (χ0) is 18.7. The first kappa shape index (κ1) is 19.2. The molecule has 0 bridgehead atoms. The zero-order valence-corrected chi connectivity index (χ0v) is 16.5. The van der Waals surface area contributed by atoms with Crippen LogP contribution in [0.3, 0.4) is 0 Å². The Kier molecular flexibility index (Phi) is 5.87. The Morgan fingerprint density at radius 2 is 1.85 bits per heavy atom. The number of morpholine rings is 1. The molecule has 1 saturated heterocycles. The lowest BCUT2D eigenvalue weighted by Gasteiger charge is -2.27. The molecule has 5 nitrogen and oxygen atoms in total. The minimum atomic E-state index is -3.65. The van der Waals surface area contributed by atoms with E-state index in [1.165, 1.54) is 0 Å². The fourth-order valence-electron chi connectivity index (χ4n) is 3.05. The Balaban J connectivity index is 1.76. The summed E-state index contributed by atoms with van der Waals surface area (Å²) in [7, 11) is -3.65. The number of nitrogens with one attached hydrogen (secondary N) is 1. The van der Waals surface area contributed by atoms with Gasteiger partial charge >= 0.3 is 0 Å². The summed E-state index contributed by atoms with van der Waals surface area (Å²) in [5.41, 5.74) is 3.17. The Morgan fingerprint density at radius 3 is 2.50 bits per heavy atom. The molecule has 0 unspecified atom stereocenters. The van der Waals surface area contributed by atoms with E-state index in [4.69, 9.17) is 16.3 Å². The highest BCUT2D eigenvalue weighted by atomic mass is 35.5. The summed E-state index contributed by atoms with van der Waals surface area (Å²) < 4.78 is 33.3. The maximum atomic E-state index is 12.7. The second-order valence-corrected chi connectivity index (χ2v) is 8.63. The van der Waals surface area contributed by atoms with Gasteiger partial charge in [0.15, 0.2) is 0 Å². The molecule has 1 fully saturated rings. The van der Waals surface area contributed by atoms with Gasteiger partial charge in [-0.3, -0.25) is 9.62 Å². The molecule has 7 heteroatoms. The first-order valence-electron chi connectivity index (χ1n) is 8.54. The van der Waals surface area contributed by atoms with Crippen molar-refractivity contribution in [3.63, 3.8) is 0 Å². The number of hydrogen-bond acceptors (Lipinski definition) is 4. The van der Waals surface area contributed by atoms with Crippen molar-refractivity contribution in [2.24, 2.45) is 0 Å². The first-order chi connectivity index (χ1) is 12.3. The molecule has 1 N–H and O–H groups in total. The number of halogens is 1. The van der Waals surface area contributed by atoms with Gasteiger partial charge in [0.1, 0.15) is 0 Å². The second-order valence-electron chi connectivity index (χ2n) is 6.57. The smallest absolute Gasteiger partial charge is 0.262 e. The van der Waals surface area contributed by atoms with Crippen LogP contribution in [0.1, 0.15) is 16.7 Å². The van der Waals surface area contributed by atoms with Gasteiger partial charge in [-0.05, 0) is 43.2 Å². The fraction of sp³-hybridized carbons (Fsp3) is 0.368. The number of hydrogen-bond donors (Lipinski definition) is 1. The normalized spacial score (nSPS) is 15.8. The van der Waals surface area contributed by atoms with E-state index in [-0.39, 0.29) is 4.90 Å². The molecule has 0 atom stereocenters. The second kappa shape index (κ2) is 7.96. The van der Waals surface area contributed by atoms with Crippen LogP contribution >= 0.6 is 11.6 Å². The SMILES string of the molecule is Cc1ccc(S(=O)(=O)Nc2ccc(CN3CCOCC3)c(Cl)c2)c(C)c1. The summed E-state index contributed by atoms with van der Waals surface area (Å²) in [6.45, 7) is 7.65. The van der Waals surface area contributed by atoms with Gasteiger partial charge in [-0.25, -0.2) is 8.42 Å². The first-order valence-corrected chi connectivity index (χ1v) is 10.4. The van der Waals surface area contributed by atoms with E-state index in [0.717, 1.165) is 44.0 Å². The Bertz CT molecular complexity index is 894. The van der Waals surface area contributed by atoms with Gasteiger partial charge < -0.3 is 4.74 Å². The summed E-state index contributed by atoms with van der Waals surface area (Å²) >= 11 is 6.38. The summed E-state index contributed by atoms with van der Waals surface area (Å²) in [5.74, 6) is 0. The molecule has 0 radical (unpaired) electrons. The monoisotopic (exact) mass is 394 g/mol. The van der Waals surface area contributed by atoms with Crippen molar-refractivity contribution in [2.75, 3.05) is 31.0 Å². The predicted octanol–water partition coefficient (Wildman–Crippen LogP) is 3.59. The number of aryl methyl sites for hydroxylation is 2. The zero-order valence-electron chi connectivity index (χ0n) is 15.0. The molecule has 1 aliphatic rings. The summed E-state index contributed by atoms with van der Waals surface area (Å²) in [6, 6.07) is 10.6. The van der Waals surface area contributed by atoms with E-state index in [2.05, 4.69) is 9.62 Å². The summed E-state index contributed by atoms with van der Waals surface area (Å²) in [6.07, 6.45) is 0. The lowest BCUT2D eigenvalue weighted by molar-refractivity contribution is 0.0342. The quantitative estimate of drug-likeness (QED) is 0.841. The van der Waals surface area contributed by atoms with Crippen molar-refractivity contribution >= 4 is 27.3 Å². The van der Waals surface area contributed by atoms with E-state index >= 15 is 0 Å². The highest BCUT2D eigenvalue weighted by molar-refractivity contribution is 7.92. The average molecular weight is 395 g/mol. The van der Waals surface area contributed by atoms with Crippen LogP contribution in [0.2, 0.25) is 5.02 Å². The third-order valence-corrected chi connectivity index (χ3v) is 6.32. The van der Waals surface area contributed by atoms with Crippen LogP contribution in [0, 0.1) is 13.8 Å². The maximum Gasteiger partial charge on any atom is 0.262 e. The minimum absolute atomic E-state index is 0.275. The highest BCUT2D eigenvalue weighted by Crippen LogP contribution is 2.25. The number of anilines is 1. The van der Waals surface area contributed by atoms with Crippen LogP contribution in [0.5, 0.6) is 0 Å². The summed E-state index contributed by atoms with van der Waals surface area (Å²) in [5, 5.41) is 0.553. The van der Waals surface area contributed by atoms with Gasteiger partial charge in [0.2, 0.25) is 0 Å². The largest absolute Gasteiger partial charge is 0.379 e. The van der Waals surface area contributed by atoms with E-state index < -0.39 is 10.0 Å². The van der Waals surface area contributed by atoms with Crippen molar-refractivity contribution in [1.29, 1.82) is 0 Å². The Morgan fingerprint density at radius 1 is 1.12 bits per heavy atom. The van der Waals surface area contributed by atoms with Crippen molar-refractivity contribution in [1.82, 2.24) is 4.90 Å². The minimum Gasteiger partial charge on any atom is -0.379 e. The lowest BCUT2D eigenvalue weighted by Crippen LogP contribution is -2.35. The third kappa shape index (κ3) is 4.57. The molecule has 0 aromatic heterocycles. The number of nitrogens with zero attached hydrogens (tertiary/aromatic N) is 1. The number of ether oxygens (including phenoxy) is 1. The van der Waals surface area contributed by atoms with Crippen LogP contribution in [0.4, 0.5) is 5.69 Å². The van der Waals surface area contributed by atoms with Crippen molar-refractivity contribution < 1.29 is 13.2 Å². The topological polar surface area (TPSA) is 58.6 Å². The molecule has 1 heterocycles. The molecule has 140 valence electrons. The molecule has 2 aromatic carbocycles. The molecule has 2 aromatic rings. The van der Waals surface area contributed by atoms with E-state index in [1.54, 1.807) is 31.2 Å². The van der Waals surface area contributed by atoms with Gasteiger partial charge in [-0.2, -0.15) is 0 Å². The van der Waals surface area contributed by atoms with Crippen LogP contribution in [-0.4, -0.2) is 39.6 Å². The molecule has 0 aliphatic carbocycles. The van der Waals surface area contributed by atoms with Crippen LogP contribution < -0.4 is 4.72 Å². The van der Waals surface area contributed by atoms with E-state index in [9.17, 15) is 8.42 Å². The molecule has 3 rings (SSSR count). The Hall–Kier alpha value is -1.60. The molecular formula is C19H23ClN2O3S. The maximum absolute atomic E-state index is 12.7. The van der Waals surface area contributed by atoms with Crippen molar-refractivity contribution in [3.8, 4) is 0 Å². The van der Waals surface area contributed by atoms with Crippen LogP contribution in [-0.2, 0) is 21.3 Å². The standard InChI is InChI=1S/C19H23ClN2O3S/c1-14-3-6-19(15(2)11-14)26(23,24)21-17-5-4-16(18(20)12-17)13-22-7-9-25-10-8-22/h3-6,11-12,21H,7-10,13H2,1-2H3. The molecule has 0 spiro atoms. The number of sulfonamides is 1. The molecule has 0 amide bonds. The third-order valence-electron chi connectivity index (χ3n) is 4.42. The molecule has 0 saturated carbocycles. The lowest BCUT2D eigenvalue weighted by atomic mass is 10.2. The van der Waals surface area contributed by atoms with Gasteiger partial charge in [0.25, 0.3) is 10.0 Å². The van der Waals surface area contributed by atoms with Gasteiger partial charge in [-0.15, -0.1) is 0 Å². The van der Waals surface area contributed by atoms with Crippen molar-refractivity contribution in [2.45, 2.75) is 25.3 Å². The Labute approximate surface area is 160 Å². The molecule has 1 aliphatic heterocycles. The van der Waals surface area contributed by atoms with Gasteiger partial charge in [0.05, 0.1) is 23.8 Å². The van der Waals surface area contributed by atoms with E-state index in [1.807, 2.05) is 19.1 Å². The predicted molar refractivity (Wildman–Crippen MR) is 104 cm³/mol. The van der Waals surface area contributed by atoms with Crippen molar-refractivity contribution in [3.05, 3.63) is 58.1 Å². The fourth-order valence-corrected chi connectivity index (χ4v) is 4.57. The summed E-state index contributed by atoms with van der Waals surface area (Å²) in [4.78, 5) is 2.54. The number of benzene rings is 2. The molecular weight excluding hydrogens is 372 g/mol. The highest BCUT2D eigenvalue weighted by Gasteiger charge is 2.18. The van der Waals surface area contributed by atoms with Gasteiger partial charge in [0, 0.05) is 24.7 Å². The van der Waals surface area contributed by atoms with E-state index in [0.29, 0.717) is 16.3 Å². The van der Waals surface area contributed by atoms with Crippen LogP contribution in [0.25, 0.3) is 0 Å². The number of rotatable bonds is 5. The average Bonchev–Trinajstić information content (AvgIpc) is 2.57. The van der Waals surface area contributed by atoms with Gasteiger partial charge in [-0.1, -0.05) is 35.4 Å².